The molecule has 0 spiro atoms. The van der Waals surface area contributed by atoms with Crippen LogP contribution in [0.5, 0.6) is 0 Å². The van der Waals surface area contributed by atoms with E-state index in [1.54, 1.807) is 20.8 Å². The molecule has 33 heavy (non-hydrogen) atoms. The molecule has 0 heterocycles. The first-order valence-corrected chi connectivity index (χ1v) is 12.5. The molecule has 0 amide bonds. The number of hydrogen-bond donors (Lipinski definition) is 1. The molecule has 0 aromatic rings. The second kappa shape index (κ2) is 15.8. The number of esters is 2. The predicted octanol–water partition coefficient (Wildman–Crippen LogP) is 6.01. The zero-order chi connectivity index (χ0) is 25.5. The Hall–Kier alpha value is -1.92. The number of hydrogen-bond acceptors (Lipinski definition) is 6. The van der Waals surface area contributed by atoms with Crippen LogP contribution in [0.2, 0.25) is 0 Å². The first kappa shape index (κ1) is 31.1. The van der Waals surface area contributed by atoms with Crippen molar-refractivity contribution in [3.05, 3.63) is 0 Å². The van der Waals surface area contributed by atoms with E-state index in [4.69, 9.17) is 14.6 Å². The topological polar surface area (TPSA) is 107 Å². The molecule has 0 aromatic carbocycles. The largest absolute Gasteiger partial charge is 0.481 e. The van der Waals surface area contributed by atoms with Gasteiger partial charge in [0.2, 0.25) is 0 Å². The summed E-state index contributed by atoms with van der Waals surface area (Å²) in [4.78, 5) is 48.3. The van der Waals surface area contributed by atoms with Crippen LogP contribution in [0.15, 0.2) is 0 Å². The molecule has 0 saturated heterocycles. The summed E-state index contributed by atoms with van der Waals surface area (Å²) in [5.74, 6) is -1.89. The second-order valence-corrected chi connectivity index (χ2v) is 10.1. The molecular formula is C26H46O7. The van der Waals surface area contributed by atoms with E-state index >= 15 is 0 Å². The highest BCUT2D eigenvalue weighted by molar-refractivity contribution is 6.02. The van der Waals surface area contributed by atoms with Gasteiger partial charge in [-0.25, -0.2) is 0 Å². The summed E-state index contributed by atoms with van der Waals surface area (Å²) in [7, 11) is 0. The monoisotopic (exact) mass is 470 g/mol. The second-order valence-electron chi connectivity index (χ2n) is 10.1. The Labute approximate surface area is 200 Å². The number of carbonyl (C=O) groups excluding carboxylic acids is 3. The molecule has 0 aliphatic rings. The Bertz CT molecular complexity index is 621. The molecule has 7 heteroatoms. The summed E-state index contributed by atoms with van der Waals surface area (Å²) in [5, 5.41) is 8.74. The zero-order valence-corrected chi connectivity index (χ0v) is 21.7. The number of carboxylic acid groups (broad SMARTS) is 1. The first-order valence-electron chi connectivity index (χ1n) is 12.5. The van der Waals surface area contributed by atoms with E-state index in [1.807, 2.05) is 0 Å². The lowest BCUT2D eigenvalue weighted by Gasteiger charge is -2.33. The first-order chi connectivity index (χ1) is 15.3. The van der Waals surface area contributed by atoms with E-state index in [2.05, 4.69) is 6.92 Å². The molecule has 2 unspecified atom stereocenters. The fraction of sp³-hybridized carbons (Fsp3) is 0.846. The van der Waals surface area contributed by atoms with E-state index in [1.165, 1.54) is 13.8 Å². The smallest absolute Gasteiger partial charge is 0.320 e. The van der Waals surface area contributed by atoms with Gasteiger partial charge in [0.15, 0.2) is 0 Å². The molecule has 0 rings (SSSR count). The van der Waals surface area contributed by atoms with Crippen molar-refractivity contribution in [1.82, 2.24) is 0 Å². The van der Waals surface area contributed by atoms with E-state index in [0.29, 0.717) is 32.1 Å². The van der Waals surface area contributed by atoms with Crippen LogP contribution in [0.25, 0.3) is 0 Å². The number of aliphatic carboxylic acids is 1. The standard InChI is InChI=1S/C26H46O7/c1-7-8-12-15-22(32-21(3)28)17-19-26(20(2)27,24(31)33-25(4,5)6)18-14-11-9-10-13-16-23(29)30/h22H,7-19H2,1-6H3,(H,29,30). The zero-order valence-electron chi connectivity index (χ0n) is 21.7. The van der Waals surface area contributed by atoms with Crippen molar-refractivity contribution >= 4 is 23.7 Å². The van der Waals surface area contributed by atoms with Gasteiger partial charge >= 0.3 is 17.9 Å². The molecule has 0 aromatic heterocycles. The van der Waals surface area contributed by atoms with Crippen molar-refractivity contribution in [2.75, 3.05) is 0 Å². The number of carboxylic acids is 1. The van der Waals surface area contributed by atoms with Crippen molar-refractivity contribution < 1.29 is 33.8 Å². The quantitative estimate of drug-likeness (QED) is 0.148. The summed E-state index contributed by atoms with van der Waals surface area (Å²) in [6, 6.07) is 0. The van der Waals surface area contributed by atoms with Gasteiger partial charge in [-0.2, -0.15) is 0 Å². The molecule has 0 fully saturated rings. The summed E-state index contributed by atoms with van der Waals surface area (Å²) in [6.45, 7) is 10.3. The third-order valence-electron chi connectivity index (χ3n) is 5.81. The van der Waals surface area contributed by atoms with Gasteiger partial charge in [0.25, 0.3) is 0 Å². The number of unbranched alkanes of at least 4 members (excludes halogenated alkanes) is 6. The molecule has 0 aliphatic heterocycles. The maximum Gasteiger partial charge on any atom is 0.320 e. The average molecular weight is 471 g/mol. The third-order valence-corrected chi connectivity index (χ3v) is 5.81. The average Bonchev–Trinajstić information content (AvgIpc) is 2.67. The fourth-order valence-corrected chi connectivity index (χ4v) is 3.96. The number of ketones is 1. The maximum absolute atomic E-state index is 13.2. The summed E-state index contributed by atoms with van der Waals surface area (Å²) >= 11 is 0. The minimum Gasteiger partial charge on any atom is -0.481 e. The summed E-state index contributed by atoms with van der Waals surface area (Å²) in [5.41, 5.74) is -1.98. The third kappa shape index (κ3) is 14.1. The number of rotatable bonds is 18. The van der Waals surface area contributed by atoms with Crippen molar-refractivity contribution in [3.8, 4) is 0 Å². The number of carbonyl (C=O) groups is 4. The van der Waals surface area contributed by atoms with Gasteiger partial charge in [-0.05, 0) is 66.2 Å². The Morgan fingerprint density at radius 1 is 0.818 bits per heavy atom. The molecule has 1 N–H and O–H groups in total. The lowest BCUT2D eigenvalue weighted by molar-refractivity contribution is -0.172. The summed E-state index contributed by atoms with van der Waals surface area (Å²) < 4.78 is 11.2. The molecule has 192 valence electrons. The molecule has 0 saturated carbocycles. The lowest BCUT2D eigenvalue weighted by Crippen LogP contribution is -2.43. The Morgan fingerprint density at radius 3 is 1.94 bits per heavy atom. The number of ether oxygens (including phenoxy) is 2. The van der Waals surface area contributed by atoms with Crippen molar-refractivity contribution in [1.29, 1.82) is 0 Å². The van der Waals surface area contributed by atoms with Crippen LogP contribution < -0.4 is 0 Å². The van der Waals surface area contributed by atoms with Crippen LogP contribution in [0, 0.1) is 5.41 Å². The lowest BCUT2D eigenvalue weighted by atomic mass is 9.74. The highest BCUT2D eigenvalue weighted by atomic mass is 16.6. The van der Waals surface area contributed by atoms with Crippen LogP contribution in [0.3, 0.4) is 0 Å². The molecular weight excluding hydrogens is 424 g/mol. The highest BCUT2D eigenvalue weighted by Gasteiger charge is 2.45. The van der Waals surface area contributed by atoms with Gasteiger partial charge in [0.05, 0.1) is 0 Å². The van der Waals surface area contributed by atoms with E-state index in [0.717, 1.165) is 38.5 Å². The minimum absolute atomic E-state index is 0.158. The van der Waals surface area contributed by atoms with Crippen LogP contribution in [-0.2, 0) is 28.7 Å². The van der Waals surface area contributed by atoms with Gasteiger partial charge in [0.1, 0.15) is 22.9 Å². The van der Waals surface area contributed by atoms with Crippen molar-refractivity contribution in [2.45, 2.75) is 137 Å². The molecule has 2 atom stereocenters. The van der Waals surface area contributed by atoms with Gasteiger partial charge in [0, 0.05) is 13.3 Å². The van der Waals surface area contributed by atoms with Crippen LogP contribution in [0.4, 0.5) is 0 Å². The molecule has 0 aliphatic carbocycles. The normalized spacial score (nSPS) is 14.2. The molecule has 0 radical (unpaired) electrons. The molecule has 0 bridgehead atoms. The van der Waals surface area contributed by atoms with E-state index < -0.39 is 23.0 Å². The van der Waals surface area contributed by atoms with Crippen molar-refractivity contribution in [3.63, 3.8) is 0 Å². The maximum atomic E-state index is 13.2. The van der Waals surface area contributed by atoms with Crippen molar-refractivity contribution in [2.24, 2.45) is 5.41 Å². The van der Waals surface area contributed by atoms with Gasteiger partial charge in [-0.3, -0.25) is 19.2 Å². The Morgan fingerprint density at radius 2 is 1.42 bits per heavy atom. The van der Waals surface area contributed by atoms with Gasteiger partial charge < -0.3 is 14.6 Å². The highest BCUT2D eigenvalue weighted by Crippen LogP contribution is 2.36. The van der Waals surface area contributed by atoms with Crippen LogP contribution >= 0.6 is 0 Å². The van der Waals surface area contributed by atoms with E-state index in [9.17, 15) is 19.2 Å². The van der Waals surface area contributed by atoms with Crippen LogP contribution in [-0.4, -0.2) is 40.5 Å². The number of Topliss-reactive ketones (excluding diaryl/α,β-unsaturated/α-hetero) is 1. The summed E-state index contributed by atoms with van der Waals surface area (Å²) in [6.07, 6.45) is 8.38. The Kier molecular flexibility index (Phi) is 14.9. The van der Waals surface area contributed by atoms with Crippen LogP contribution in [0.1, 0.15) is 125 Å². The predicted molar refractivity (Wildman–Crippen MR) is 128 cm³/mol. The van der Waals surface area contributed by atoms with Gasteiger partial charge in [-0.1, -0.05) is 45.4 Å². The Balaban J connectivity index is 5.33. The fourth-order valence-electron chi connectivity index (χ4n) is 3.96. The van der Waals surface area contributed by atoms with E-state index in [-0.39, 0.29) is 30.7 Å². The SMILES string of the molecule is CCCCCC(CCC(CCCCCCCC(=O)O)(C(C)=O)C(=O)OC(C)(C)C)OC(C)=O. The van der Waals surface area contributed by atoms with Gasteiger partial charge in [-0.15, -0.1) is 0 Å². The molecule has 7 nitrogen and oxygen atoms in total. The minimum atomic E-state index is -1.27.